The summed E-state index contributed by atoms with van der Waals surface area (Å²) in [6.45, 7) is 4.34. The third kappa shape index (κ3) is 2.98. The van der Waals surface area contributed by atoms with Gasteiger partial charge in [-0.3, -0.25) is 0 Å². The summed E-state index contributed by atoms with van der Waals surface area (Å²) in [4.78, 5) is 2.61. The van der Waals surface area contributed by atoms with Crippen molar-refractivity contribution in [1.29, 1.82) is 0 Å². The van der Waals surface area contributed by atoms with Gasteiger partial charge in [0.2, 0.25) is 0 Å². The van der Waals surface area contributed by atoms with Gasteiger partial charge in [-0.25, -0.2) is 4.39 Å². The molecule has 110 valence electrons. The number of hydrogen-bond acceptors (Lipinski definition) is 2. The Kier molecular flexibility index (Phi) is 4.25. The number of benzene rings is 1. The highest BCUT2D eigenvalue weighted by Gasteiger charge is 2.29. The van der Waals surface area contributed by atoms with E-state index in [9.17, 15) is 4.39 Å². The Balaban J connectivity index is 1.57. The van der Waals surface area contributed by atoms with Crippen molar-refractivity contribution in [2.75, 3.05) is 13.1 Å². The van der Waals surface area contributed by atoms with Gasteiger partial charge in [0.05, 0.1) is 0 Å². The van der Waals surface area contributed by atoms with Gasteiger partial charge >= 0.3 is 0 Å². The van der Waals surface area contributed by atoms with Crippen LogP contribution >= 0.6 is 0 Å². The fourth-order valence-electron chi connectivity index (χ4n) is 3.22. The molecule has 0 spiro atoms. The first-order chi connectivity index (χ1) is 9.76. The van der Waals surface area contributed by atoms with Crippen molar-refractivity contribution in [3.05, 3.63) is 29.6 Å². The average Bonchev–Trinajstić information content (AvgIpc) is 2.39. The van der Waals surface area contributed by atoms with E-state index in [1.807, 2.05) is 6.07 Å². The molecule has 1 aromatic rings. The van der Waals surface area contributed by atoms with E-state index < -0.39 is 0 Å². The van der Waals surface area contributed by atoms with Crippen molar-refractivity contribution < 1.29 is 9.13 Å². The third-order valence-corrected chi connectivity index (χ3v) is 4.77. The van der Waals surface area contributed by atoms with Gasteiger partial charge in [0.15, 0.2) is 0 Å². The molecule has 2 fully saturated rings. The second-order valence-corrected chi connectivity index (χ2v) is 6.04. The molecule has 0 atom stereocenters. The molecule has 0 radical (unpaired) electrons. The highest BCUT2D eigenvalue weighted by molar-refractivity contribution is 5.34. The van der Waals surface area contributed by atoms with Gasteiger partial charge in [-0.1, -0.05) is 19.4 Å². The summed E-state index contributed by atoms with van der Waals surface area (Å²) in [6.07, 6.45) is 7.40. The van der Waals surface area contributed by atoms with Crippen molar-refractivity contribution >= 4 is 0 Å². The molecule has 3 heteroatoms. The third-order valence-electron chi connectivity index (χ3n) is 4.77. The lowest BCUT2D eigenvalue weighted by atomic mass is 9.90. The van der Waals surface area contributed by atoms with Crippen molar-refractivity contribution in [1.82, 2.24) is 4.90 Å². The minimum Gasteiger partial charge on any atom is -0.490 e. The number of likely N-dealkylation sites (tertiary alicyclic amines) is 1. The smallest absolute Gasteiger partial charge is 0.126 e. The maximum absolute atomic E-state index is 13.4. The predicted octanol–water partition coefficient (Wildman–Crippen LogP) is 3.78. The number of nitrogens with zero attached hydrogens (tertiary/aromatic N) is 1. The first kappa shape index (κ1) is 13.9. The van der Waals surface area contributed by atoms with Gasteiger partial charge in [0.1, 0.15) is 17.7 Å². The number of halogens is 1. The first-order valence-electron chi connectivity index (χ1n) is 7.95. The molecule has 2 nitrogen and oxygen atoms in total. The minimum absolute atomic E-state index is 0.205. The largest absolute Gasteiger partial charge is 0.490 e. The quantitative estimate of drug-likeness (QED) is 0.830. The molecule has 0 unspecified atom stereocenters. The monoisotopic (exact) mass is 277 g/mol. The fourth-order valence-corrected chi connectivity index (χ4v) is 3.22. The van der Waals surface area contributed by atoms with E-state index in [-0.39, 0.29) is 11.9 Å². The van der Waals surface area contributed by atoms with Crippen molar-refractivity contribution in [3.63, 3.8) is 0 Å². The number of rotatable bonds is 4. The molecule has 1 aliphatic carbocycles. The lowest BCUT2D eigenvalue weighted by Crippen LogP contribution is -2.46. The van der Waals surface area contributed by atoms with E-state index >= 15 is 0 Å². The molecule has 2 aliphatic rings. The van der Waals surface area contributed by atoms with E-state index in [1.54, 1.807) is 0 Å². The van der Waals surface area contributed by atoms with Gasteiger partial charge in [-0.2, -0.15) is 0 Å². The van der Waals surface area contributed by atoms with Crippen LogP contribution in [0.2, 0.25) is 0 Å². The Morgan fingerprint density at radius 2 is 1.95 bits per heavy atom. The maximum atomic E-state index is 13.4. The topological polar surface area (TPSA) is 12.5 Å². The van der Waals surface area contributed by atoms with Gasteiger partial charge in [0, 0.05) is 25.2 Å². The van der Waals surface area contributed by atoms with Crippen LogP contribution in [0.3, 0.4) is 0 Å². The zero-order valence-corrected chi connectivity index (χ0v) is 12.3. The Morgan fingerprint density at radius 3 is 2.55 bits per heavy atom. The number of aryl methyl sites for hydroxylation is 1. The van der Waals surface area contributed by atoms with Crippen LogP contribution in [0.5, 0.6) is 5.75 Å². The average molecular weight is 277 g/mol. The van der Waals surface area contributed by atoms with Crippen molar-refractivity contribution in [2.45, 2.75) is 57.6 Å². The zero-order valence-electron chi connectivity index (χ0n) is 12.3. The van der Waals surface area contributed by atoms with Gasteiger partial charge in [-0.15, -0.1) is 0 Å². The molecule has 20 heavy (non-hydrogen) atoms. The predicted molar refractivity (Wildman–Crippen MR) is 78.6 cm³/mol. The molecule has 3 rings (SSSR count). The molecule has 1 saturated heterocycles. The van der Waals surface area contributed by atoms with E-state index in [2.05, 4.69) is 11.8 Å². The van der Waals surface area contributed by atoms with Crippen LogP contribution in [-0.2, 0) is 6.42 Å². The first-order valence-corrected chi connectivity index (χ1v) is 7.95. The second kappa shape index (κ2) is 6.13. The molecule has 1 aromatic carbocycles. The summed E-state index contributed by atoms with van der Waals surface area (Å²) < 4.78 is 19.4. The number of ether oxygens (including phenoxy) is 1. The molecule has 0 amide bonds. The van der Waals surface area contributed by atoms with Crippen molar-refractivity contribution in [2.24, 2.45) is 0 Å². The summed E-state index contributed by atoms with van der Waals surface area (Å²) in [6, 6.07) is 5.73. The van der Waals surface area contributed by atoms with E-state index in [0.29, 0.717) is 0 Å². The van der Waals surface area contributed by atoms with Crippen LogP contribution in [0.1, 0.15) is 44.6 Å². The number of piperidine rings is 1. The molecule has 1 aliphatic heterocycles. The van der Waals surface area contributed by atoms with E-state index in [0.717, 1.165) is 49.7 Å². The van der Waals surface area contributed by atoms with Crippen LogP contribution in [0.4, 0.5) is 4.39 Å². The summed E-state index contributed by atoms with van der Waals surface area (Å²) in [5, 5.41) is 0. The normalized spacial score (nSPS) is 21.7. The summed E-state index contributed by atoms with van der Waals surface area (Å²) in [5.41, 5.74) is 1.10. The van der Waals surface area contributed by atoms with Crippen LogP contribution in [0.15, 0.2) is 18.2 Å². The Hall–Kier alpha value is -1.09. The van der Waals surface area contributed by atoms with Gasteiger partial charge < -0.3 is 9.64 Å². The molecular formula is C17H24FNO. The highest BCUT2D eigenvalue weighted by Crippen LogP contribution is 2.29. The SMILES string of the molecule is CCc1ccc(F)cc1OC1CCN(C2CCC2)CC1. The molecule has 0 bridgehead atoms. The van der Waals surface area contributed by atoms with Crippen molar-refractivity contribution in [3.8, 4) is 5.75 Å². The second-order valence-electron chi connectivity index (χ2n) is 6.04. The number of hydrogen-bond donors (Lipinski definition) is 0. The van der Waals surface area contributed by atoms with Crippen LogP contribution < -0.4 is 4.74 Å². The highest BCUT2D eigenvalue weighted by atomic mass is 19.1. The molecule has 1 saturated carbocycles. The minimum atomic E-state index is -0.205. The van der Waals surface area contributed by atoms with E-state index in [1.165, 1.54) is 31.4 Å². The Morgan fingerprint density at radius 1 is 1.20 bits per heavy atom. The molecule has 0 N–H and O–H groups in total. The standard InChI is InChI=1S/C17H24FNO/c1-2-13-6-7-14(18)12-17(13)20-16-8-10-19(11-9-16)15-4-3-5-15/h6-7,12,15-16H,2-5,8-11H2,1H3. The summed E-state index contributed by atoms with van der Waals surface area (Å²) in [5.74, 6) is 0.540. The lowest BCUT2D eigenvalue weighted by Gasteiger charge is -2.41. The Bertz CT molecular complexity index is 450. The lowest BCUT2D eigenvalue weighted by molar-refractivity contribution is 0.0488. The fraction of sp³-hybridized carbons (Fsp3) is 0.647. The van der Waals surface area contributed by atoms with Crippen LogP contribution in [0.25, 0.3) is 0 Å². The molecular weight excluding hydrogens is 253 g/mol. The maximum Gasteiger partial charge on any atom is 0.126 e. The summed E-state index contributed by atoms with van der Waals surface area (Å²) in [7, 11) is 0. The molecule has 0 aromatic heterocycles. The van der Waals surface area contributed by atoms with Crippen LogP contribution in [-0.4, -0.2) is 30.1 Å². The van der Waals surface area contributed by atoms with E-state index in [4.69, 9.17) is 4.74 Å². The zero-order chi connectivity index (χ0) is 13.9. The van der Waals surface area contributed by atoms with Gasteiger partial charge in [-0.05, 0) is 43.7 Å². The molecule has 1 heterocycles. The van der Waals surface area contributed by atoms with Crippen LogP contribution in [0, 0.1) is 5.82 Å². The van der Waals surface area contributed by atoms with Gasteiger partial charge in [0.25, 0.3) is 0 Å². The summed E-state index contributed by atoms with van der Waals surface area (Å²) >= 11 is 0. The Labute approximate surface area is 120 Å².